The van der Waals surface area contributed by atoms with Crippen molar-refractivity contribution in [1.82, 2.24) is 9.47 Å². The predicted molar refractivity (Wildman–Crippen MR) is 137 cm³/mol. The van der Waals surface area contributed by atoms with Gasteiger partial charge in [-0.3, -0.25) is 20.0 Å². The van der Waals surface area contributed by atoms with E-state index in [1.165, 1.54) is 0 Å². The number of ether oxygens (including phenoxy) is 2. The van der Waals surface area contributed by atoms with Gasteiger partial charge in [-0.15, -0.1) is 0 Å². The third-order valence-corrected chi connectivity index (χ3v) is 6.98. The van der Waals surface area contributed by atoms with E-state index < -0.39 is 17.9 Å². The molecule has 10 heteroatoms. The van der Waals surface area contributed by atoms with Gasteiger partial charge >= 0.3 is 5.97 Å². The smallest absolute Gasteiger partial charge is 0.336 e. The molecule has 0 amide bonds. The standard InChI is InChI=1S/C26H33N5O5/c1-18-23(24(21-9-7-11-28(21)3)25(31(33)34)19(2)27-18)26(32)36-17-16-29-12-14-30(15-13-29)20-8-5-6-10-22(20)35-4/h5-11,24-25H,12-17H2,1-4H3. The quantitative estimate of drug-likeness (QED) is 0.315. The number of esters is 1. The number of piperazine rings is 1. The summed E-state index contributed by atoms with van der Waals surface area (Å²) in [5.74, 6) is -0.446. The van der Waals surface area contributed by atoms with E-state index in [1.807, 2.05) is 48.1 Å². The molecule has 0 spiro atoms. The van der Waals surface area contributed by atoms with Crippen LogP contribution in [0.15, 0.2) is 58.9 Å². The van der Waals surface area contributed by atoms with Gasteiger partial charge < -0.3 is 18.9 Å². The van der Waals surface area contributed by atoms with Crippen LogP contribution in [0.3, 0.4) is 0 Å². The molecule has 10 nitrogen and oxygen atoms in total. The number of nitro groups is 1. The number of rotatable bonds is 8. The lowest BCUT2D eigenvalue weighted by Gasteiger charge is -2.36. The molecular formula is C26H33N5O5. The van der Waals surface area contributed by atoms with Gasteiger partial charge in [-0.1, -0.05) is 12.1 Å². The molecule has 1 aromatic heterocycles. The number of methoxy groups -OCH3 is 1. The maximum atomic E-state index is 13.2. The van der Waals surface area contributed by atoms with Crippen LogP contribution in [0.2, 0.25) is 0 Å². The summed E-state index contributed by atoms with van der Waals surface area (Å²) in [6.45, 7) is 7.48. The maximum absolute atomic E-state index is 13.2. The van der Waals surface area contributed by atoms with Crippen LogP contribution in [0, 0.1) is 10.1 Å². The Morgan fingerprint density at radius 1 is 1.14 bits per heavy atom. The van der Waals surface area contributed by atoms with Gasteiger partial charge in [0.15, 0.2) is 0 Å². The zero-order valence-corrected chi connectivity index (χ0v) is 21.2. The van der Waals surface area contributed by atoms with Crippen molar-refractivity contribution < 1.29 is 19.2 Å². The van der Waals surface area contributed by atoms with Crippen LogP contribution in [0.5, 0.6) is 5.75 Å². The van der Waals surface area contributed by atoms with Gasteiger partial charge in [-0.05, 0) is 38.1 Å². The molecule has 1 aromatic carbocycles. The molecule has 2 atom stereocenters. The Balaban J connectivity index is 1.39. The normalized spacial score (nSPS) is 20.8. The van der Waals surface area contributed by atoms with Crippen LogP contribution in [-0.2, 0) is 16.6 Å². The molecule has 192 valence electrons. The molecule has 0 bridgehead atoms. The Hall–Kier alpha value is -3.66. The monoisotopic (exact) mass is 495 g/mol. The van der Waals surface area contributed by atoms with Gasteiger partial charge in [0.2, 0.25) is 0 Å². The Bertz CT molecular complexity index is 1180. The molecule has 2 unspecified atom stereocenters. The summed E-state index contributed by atoms with van der Waals surface area (Å²) in [6, 6.07) is 10.5. The van der Waals surface area contributed by atoms with Gasteiger partial charge in [0, 0.05) is 62.3 Å². The van der Waals surface area contributed by atoms with Crippen LogP contribution < -0.4 is 9.64 Å². The van der Waals surface area contributed by atoms with E-state index in [-0.39, 0.29) is 17.1 Å². The molecule has 4 rings (SSSR count). The van der Waals surface area contributed by atoms with Gasteiger partial charge in [-0.2, -0.15) is 0 Å². The number of benzene rings is 1. The van der Waals surface area contributed by atoms with E-state index in [2.05, 4.69) is 20.9 Å². The number of carbonyl (C=O) groups is 1. The van der Waals surface area contributed by atoms with Crippen molar-refractivity contribution in [3.63, 3.8) is 0 Å². The lowest BCUT2D eigenvalue weighted by Crippen LogP contribution is -2.47. The highest BCUT2D eigenvalue weighted by Gasteiger charge is 2.45. The number of aryl methyl sites for hydroxylation is 1. The van der Waals surface area contributed by atoms with Crippen molar-refractivity contribution >= 4 is 17.4 Å². The highest BCUT2D eigenvalue weighted by atomic mass is 16.6. The van der Waals surface area contributed by atoms with E-state index in [1.54, 1.807) is 21.0 Å². The zero-order chi connectivity index (χ0) is 25.8. The minimum Gasteiger partial charge on any atom is -0.495 e. The number of hydrogen-bond acceptors (Lipinski definition) is 8. The summed E-state index contributed by atoms with van der Waals surface area (Å²) in [5, 5.41) is 12.0. The first-order valence-electron chi connectivity index (χ1n) is 12.1. The first-order valence-corrected chi connectivity index (χ1v) is 12.1. The van der Waals surface area contributed by atoms with E-state index in [0.717, 1.165) is 37.6 Å². The topological polar surface area (TPSA) is 102 Å². The Labute approximate surface area is 211 Å². The molecule has 0 saturated carbocycles. The van der Waals surface area contributed by atoms with E-state index in [9.17, 15) is 14.9 Å². The van der Waals surface area contributed by atoms with Gasteiger partial charge in [-0.25, -0.2) is 4.79 Å². The summed E-state index contributed by atoms with van der Waals surface area (Å²) in [6.07, 6.45) is 1.82. The number of para-hydroxylation sites is 2. The van der Waals surface area contributed by atoms with Crippen LogP contribution in [0.4, 0.5) is 5.69 Å². The molecule has 1 fully saturated rings. The molecule has 2 aliphatic heterocycles. The highest BCUT2D eigenvalue weighted by Crippen LogP contribution is 2.37. The number of aromatic nitrogens is 1. The summed E-state index contributed by atoms with van der Waals surface area (Å²) in [5.41, 5.74) is 2.86. The van der Waals surface area contributed by atoms with E-state index in [4.69, 9.17) is 9.47 Å². The number of aliphatic imine (C=N–C) groups is 1. The van der Waals surface area contributed by atoms with Crippen molar-refractivity contribution in [3.05, 3.63) is 69.7 Å². The first kappa shape index (κ1) is 25.4. The van der Waals surface area contributed by atoms with E-state index >= 15 is 0 Å². The summed E-state index contributed by atoms with van der Waals surface area (Å²) in [7, 11) is 3.49. The fourth-order valence-corrected chi connectivity index (χ4v) is 5.12. The second-order valence-electron chi connectivity index (χ2n) is 9.14. The molecule has 3 heterocycles. The average Bonchev–Trinajstić information content (AvgIpc) is 3.29. The molecule has 36 heavy (non-hydrogen) atoms. The van der Waals surface area contributed by atoms with Gasteiger partial charge in [0.25, 0.3) is 6.04 Å². The van der Waals surface area contributed by atoms with E-state index in [0.29, 0.717) is 23.6 Å². The number of allylic oxidation sites excluding steroid dienone is 1. The Kier molecular flexibility index (Phi) is 7.73. The molecule has 0 aliphatic carbocycles. The number of carbonyl (C=O) groups excluding carboxylic acids is 1. The number of nitrogens with zero attached hydrogens (tertiary/aromatic N) is 5. The maximum Gasteiger partial charge on any atom is 0.336 e. The second-order valence-corrected chi connectivity index (χ2v) is 9.14. The third kappa shape index (κ3) is 5.13. The predicted octanol–water partition coefficient (Wildman–Crippen LogP) is 2.88. The number of anilines is 1. The number of hydrogen-bond donors (Lipinski definition) is 0. The SMILES string of the molecule is COc1ccccc1N1CCN(CCOC(=O)C2=C(C)N=C(C)C([N+](=O)[O-])C2c2cccn2C)CC1. The van der Waals surface area contributed by atoms with Crippen molar-refractivity contribution in [2.24, 2.45) is 12.0 Å². The summed E-state index contributed by atoms with van der Waals surface area (Å²) >= 11 is 0. The molecular weight excluding hydrogens is 462 g/mol. The minimum atomic E-state index is -1.12. The van der Waals surface area contributed by atoms with Crippen LogP contribution in [-0.4, -0.2) is 78.6 Å². The Morgan fingerprint density at radius 3 is 2.50 bits per heavy atom. The van der Waals surface area contributed by atoms with Crippen molar-refractivity contribution in [1.29, 1.82) is 0 Å². The summed E-state index contributed by atoms with van der Waals surface area (Å²) in [4.78, 5) is 33.7. The third-order valence-electron chi connectivity index (χ3n) is 6.98. The largest absolute Gasteiger partial charge is 0.495 e. The van der Waals surface area contributed by atoms with Crippen LogP contribution in [0.1, 0.15) is 25.5 Å². The first-order chi connectivity index (χ1) is 17.3. The van der Waals surface area contributed by atoms with Gasteiger partial charge in [0.05, 0.1) is 24.1 Å². The molecule has 1 saturated heterocycles. The zero-order valence-electron chi connectivity index (χ0n) is 21.2. The lowest BCUT2D eigenvalue weighted by atomic mass is 9.83. The van der Waals surface area contributed by atoms with Crippen molar-refractivity contribution in [3.8, 4) is 5.75 Å². The summed E-state index contributed by atoms with van der Waals surface area (Å²) < 4.78 is 13.0. The fourth-order valence-electron chi connectivity index (χ4n) is 5.12. The van der Waals surface area contributed by atoms with Gasteiger partial charge in [0.1, 0.15) is 18.3 Å². The minimum absolute atomic E-state index is 0.204. The lowest BCUT2D eigenvalue weighted by molar-refractivity contribution is -0.505. The van der Waals surface area contributed by atoms with Crippen LogP contribution >= 0.6 is 0 Å². The fraction of sp³-hybridized carbons (Fsp3) is 0.462. The molecule has 0 N–H and O–H groups in total. The van der Waals surface area contributed by atoms with Crippen molar-refractivity contribution in [2.75, 3.05) is 51.3 Å². The van der Waals surface area contributed by atoms with Crippen LogP contribution in [0.25, 0.3) is 0 Å². The highest BCUT2D eigenvalue weighted by molar-refractivity contribution is 5.98. The molecule has 0 radical (unpaired) electrons. The van der Waals surface area contributed by atoms with Crippen molar-refractivity contribution in [2.45, 2.75) is 25.8 Å². The average molecular weight is 496 g/mol. The second kappa shape index (κ2) is 10.9. The molecule has 2 aliphatic rings. The molecule has 2 aromatic rings. The Morgan fingerprint density at radius 2 is 1.86 bits per heavy atom.